The molecule has 9 rings (SSSR count). The molecule has 0 saturated heterocycles. The summed E-state index contributed by atoms with van der Waals surface area (Å²) in [5.74, 6) is 0.854. The van der Waals surface area contributed by atoms with Gasteiger partial charge in [-0.1, -0.05) is 55.5 Å². The summed E-state index contributed by atoms with van der Waals surface area (Å²) in [6.07, 6.45) is 24.2. The van der Waals surface area contributed by atoms with Gasteiger partial charge in [0.05, 0.1) is 22.1 Å². The first-order valence-corrected chi connectivity index (χ1v) is 16.1. The maximum absolute atomic E-state index is 4.37. The van der Waals surface area contributed by atoms with Crippen LogP contribution in [0.1, 0.15) is 23.6 Å². The third kappa shape index (κ3) is 4.72. The average Bonchev–Trinajstić information content (AvgIpc) is 3.64. The van der Waals surface area contributed by atoms with Crippen molar-refractivity contribution in [2.45, 2.75) is 19.8 Å². The number of allylic oxidation sites excluding steroid dienone is 4. The zero-order valence-electron chi connectivity index (χ0n) is 26.0. The van der Waals surface area contributed by atoms with E-state index in [1.165, 1.54) is 22.4 Å². The standard InChI is InChI=1S/C41H32N6/c1-27-20-33(47-40-14-18-44-25-36(40)37-26-45-19-15-41(37)47)11-8-31(27)22-30-4-2-28(3-5-30)21-29-6-9-32(10-7-29)46-38-12-16-42-23-34(38)35-24-43-17-13-39(35)46/h2-20,23-27,31H,21-22H2,1H3. The van der Waals surface area contributed by atoms with Gasteiger partial charge in [-0.2, -0.15) is 0 Å². The second-order valence-electron chi connectivity index (χ2n) is 12.6. The van der Waals surface area contributed by atoms with Gasteiger partial charge in [-0.05, 0) is 83.8 Å². The van der Waals surface area contributed by atoms with Crippen molar-refractivity contribution < 1.29 is 0 Å². The maximum atomic E-state index is 4.37. The number of fused-ring (bicyclic) bond motifs is 6. The zero-order chi connectivity index (χ0) is 31.3. The molecule has 2 unspecified atom stereocenters. The monoisotopic (exact) mass is 608 g/mol. The first-order chi connectivity index (χ1) is 23.2. The van der Waals surface area contributed by atoms with E-state index < -0.39 is 0 Å². The maximum Gasteiger partial charge on any atom is 0.0572 e. The van der Waals surface area contributed by atoms with E-state index >= 15 is 0 Å². The summed E-state index contributed by atoms with van der Waals surface area (Å²) in [5.41, 5.74) is 10.9. The quantitative estimate of drug-likeness (QED) is 0.189. The summed E-state index contributed by atoms with van der Waals surface area (Å²) < 4.78 is 4.64. The van der Waals surface area contributed by atoms with Crippen molar-refractivity contribution in [2.24, 2.45) is 11.8 Å². The van der Waals surface area contributed by atoms with Gasteiger partial charge < -0.3 is 9.13 Å². The lowest BCUT2D eigenvalue weighted by Gasteiger charge is -2.24. The molecule has 6 aromatic heterocycles. The van der Waals surface area contributed by atoms with Crippen LogP contribution in [0.2, 0.25) is 0 Å². The minimum Gasteiger partial charge on any atom is -0.309 e. The lowest BCUT2D eigenvalue weighted by atomic mass is 9.84. The number of hydrogen-bond donors (Lipinski definition) is 0. The van der Waals surface area contributed by atoms with E-state index in [4.69, 9.17) is 0 Å². The van der Waals surface area contributed by atoms with Gasteiger partial charge in [-0.25, -0.2) is 0 Å². The van der Waals surface area contributed by atoms with Crippen molar-refractivity contribution >= 4 is 49.3 Å². The van der Waals surface area contributed by atoms with Crippen LogP contribution in [-0.2, 0) is 12.8 Å². The Balaban J connectivity index is 0.906. The predicted octanol–water partition coefficient (Wildman–Crippen LogP) is 8.97. The zero-order valence-corrected chi connectivity index (χ0v) is 26.0. The van der Waals surface area contributed by atoms with Crippen LogP contribution >= 0.6 is 0 Å². The Bertz CT molecular complexity index is 2370. The molecule has 0 N–H and O–H groups in total. The molecule has 0 aliphatic heterocycles. The van der Waals surface area contributed by atoms with Gasteiger partial charge in [0.15, 0.2) is 0 Å². The van der Waals surface area contributed by atoms with E-state index in [0.29, 0.717) is 11.8 Å². The molecule has 1 aliphatic rings. The number of benzene rings is 2. The van der Waals surface area contributed by atoms with E-state index in [1.54, 1.807) is 0 Å². The first kappa shape index (κ1) is 27.4. The van der Waals surface area contributed by atoms with Crippen LogP contribution in [0.25, 0.3) is 55.0 Å². The highest BCUT2D eigenvalue weighted by atomic mass is 15.0. The number of aromatic nitrogens is 6. The largest absolute Gasteiger partial charge is 0.309 e. The van der Waals surface area contributed by atoms with Crippen molar-refractivity contribution in [1.29, 1.82) is 0 Å². The molecule has 0 amide bonds. The summed E-state index contributed by atoms with van der Waals surface area (Å²) in [6, 6.07) is 26.4. The second kappa shape index (κ2) is 11.2. The summed E-state index contributed by atoms with van der Waals surface area (Å²) >= 11 is 0. The van der Waals surface area contributed by atoms with Gasteiger partial charge in [-0.15, -0.1) is 0 Å². The van der Waals surface area contributed by atoms with Crippen molar-refractivity contribution in [1.82, 2.24) is 29.1 Å². The molecule has 0 saturated carbocycles. The Hall–Kier alpha value is -5.88. The van der Waals surface area contributed by atoms with Crippen LogP contribution in [0, 0.1) is 11.8 Å². The smallest absolute Gasteiger partial charge is 0.0572 e. The van der Waals surface area contributed by atoms with E-state index in [1.807, 2.05) is 49.6 Å². The Labute approximate surface area is 272 Å². The van der Waals surface area contributed by atoms with Crippen LogP contribution in [-0.4, -0.2) is 29.1 Å². The van der Waals surface area contributed by atoms with E-state index in [-0.39, 0.29) is 0 Å². The van der Waals surface area contributed by atoms with Crippen LogP contribution < -0.4 is 0 Å². The van der Waals surface area contributed by atoms with E-state index in [2.05, 4.69) is 127 Å². The average molecular weight is 609 g/mol. The first-order valence-electron chi connectivity index (χ1n) is 16.1. The molecular weight excluding hydrogens is 576 g/mol. The molecule has 226 valence electrons. The minimum atomic E-state index is 0.409. The number of pyridine rings is 4. The molecule has 47 heavy (non-hydrogen) atoms. The third-order valence-corrected chi connectivity index (χ3v) is 9.71. The topological polar surface area (TPSA) is 61.4 Å². The molecule has 0 radical (unpaired) electrons. The Morgan fingerprint density at radius 3 is 1.47 bits per heavy atom. The summed E-state index contributed by atoms with van der Waals surface area (Å²) in [4.78, 5) is 17.5. The van der Waals surface area contributed by atoms with Crippen LogP contribution in [0.3, 0.4) is 0 Å². The predicted molar refractivity (Wildman–Crippen MR) is 190 cm³/mol. The molecule has 2 atom stereocenters. The number of nitrogens with zero attached hydrogens (tertiary/aromatic N) is 6. The molecule has 0 fully saturated rings. The lowest BCUT2D eigenvalue weighted by molar-refractivity contribution is 0.504. The van der Waals surface area contributed by atoms with E-state index in [9.17, 15) is 0 Å². The highest BCUT2D eigenvalue weighted by Gasteiger charge is 2.21. The summed E-state index contributed by atoms with van der Waals surface area (Å²) in [5, 5.41) is 4.50. The number of rotatable bonds is 6. The van der Waals surface area contributed by atoms with Gasteiger partial charge in [0.25, 0.3) is 0 Å². The number of hydrogen-bond acceptors (Lipinski definition) is 4. The Morgan fingerprint density at radius 1 is 0.532 bits per heavy atom. The normalized spacial score (nSPS) is 16.4. The third-order valence-electron chi connectivity index (χ3n) is 9.71. The van der Waals surface area contributed by atoms with E-state index in [0.717, 1.165) is 62.1 Å². The minimum absolute atomic E-state index is 0.409. The molecule has 6 heterocycles. The fourth-order valence-electron chi connectivity index (χ4n) is 7.29. The lowest BCUT2D eigenvalue weighted by Crippen LogP contribution is -2.15. The molecule has 6 nitrogen and oxygen atoms in total. The van der Waals surface area contributed by atoms with Crippen LogP contribution in [0.5, 0.6) is 0 Å². The van der Waals surface area contributed by atoms with Gasteiger partial charge in [0.1, 0.15) is 0 Å². The van der Waals surface area contributed by atoms with Gasteiger partial charge in [-0.3, -0.25) is 19.9 Å². The Morgan fingerprint density at radius 2 is 0.979 bits per heavy atom. The molecule has 0 spiro atoms. The molecule has 6 heteroatoms. The highest BCUT2D eigenvalue weighted by molar-refractivity contribution is 6.10. The summed E-state index contributed by atoms with van der Waals surface area (Å²) in [7, 11) is 0. The fraction of sp³-hybridized carbons (Fsp3) is 0.122. The second-order valence-corrected chi connectivity index (χ2v) is 12.6. The van der Waals surface area contributed by atoms with Crippen molar-refractivity contribution in [3.63, 3.8) is 0 Å². The van der Waals surface area contributed by atoms with Crippen LogP contribution in [0.4, 0.5) is 0 Å². The van der Waals surface area contributed by atoms with Gasteiger partial charge in [0.2, 0.25) is 0 Å². The highest BCUT2D eigenvalue weighted by Crippen LogP contribution is 2.35. The molecule has 2 aromatic carbocycles. The van der Waals surface area contributed by atoms with Crippen molar-refractivity contribution in [3.8, 4) is 5.69 Å². The molecule has 1 aliphatic carbocycles. The van der Waals surface area contributed by atoms with Gasteiger partial charge >= 0.3 is 0 Å². The van der Waals surface area contributed by atoms with Crippen molar-refractivity contribution in [3.05, 3.63) is 157 Å². The summed E-state index contributed by atoms with van der Waals surface area (Å²) in [6.45, 7) is 2.33. The van der Waals surface area contributed by atoms with Crippen molar-refractivity contribution in [2.75, 3.05) is 0 Å². The van der Waals surface area contributed by atoms with Gasteiger partial charge in [0, 0.05) is 82.5 Å². The molecule has 8 aromatic rings. The molecule has 0 bridgehead atoms. The van der Waals surface area contributed by atoms with Crippen LogP contribution in [0.15, 0.2) is 141 Å². The molecular formula is C41H32N6. The Kier molecular flexibility index (Phi) is 6.52. The SMILES string of the molecule is CC1C=C(n2c3ccncc3c3cnccc32)C=CC1Cc1ccc(Cc2ccc(-n3c4ccncc4c4cnccc43)cc2)cc1. The fourth-order valence-corrected chi connectivity index (χ4v) is 7.29.